The summed E-state index contributed by atoms with van der Waals surface area (Å²) in [5.74, 6) is 0.618. The van der Waals surface area contributed by atoms with Gasteiger partial charge in [0, 0.05) is 18.0 Å². The van der Waals surface area contributed by atoms with Gasteiger partial charge in [0.05, 0.1) is 9.26 Å². The highest BCUT2D eigenvalue weighted by Gasteiger charge is 2.09. The first-order valence-electron chi connectivity index (χ1n) is 5.33. The lowest BCUT2D eigenvalue weighted by Crippen LogP contribution is -2.15. The van der Waals surface area contributed by atoms with Crippen LogP contribution in [-0.4, -0.2) is 15.0 Å². The Morgan fingerprint density at radius 3 is 2.88 bits per heavy atom. The van der Waals surface area contributed by atoms with Crippen LogP contribution in [0, 0.1) is 10.5 Å². The number of halogens is 1. The molecule has 1 N–H and O–H groups in total. The zero-order valence-corrected chi connectivity index (χ0v) is 11.8. The van der Waals surface area contributed by atoms with Crippen molar-refractivity contribution in [2.75, 3.05) is 0 Å². The predicted octanol–water partition coefficient (Wildman–Crippen LogP) is 2.31. The van der Waals surface area contributed by atoms with Crippen molar-refractivity contribution >= 4 is 22.6 Å². The standard InChI is InChI=1S/C12H12IN3O/c1-3-8-6-14-5-4-9(8)11-15-7(2)10(13)12(17)16-11/h4-6H,3H2,1-2H3,(H,15,16,17). The Kier molecular flexibility index (Phi) is 3.56. The lowest BCUT2D eigenvalue weighted by atomic mass is 10.1. The van der Waals surface area contributed by atoms with E-state index in [1.54, 1.807) is 6.20 Å². The van der Waals surface area contributed by atoms with Crippen molar-refractivity contribution in [3.05, 3.63) is 43.6 Å². The molecule has 0 amide bonds. The molecule has 0 saturated heterocycles. The van der Waals surface area contributed by atoms with E-state index in [1.807, 2.05) is 41.8 Å². The van der Waals surface area contributed by atoms with Crippen LogP contribution < -0.4 is 5.56 Å². The zero-order valence-electron chi connectivity index (χ0n) is 9.62. The fraction of sp³-hybridized carbons (Fsp3) is 0.250. The van der Waals surface area contributed by atoms with Gasteiger partial charge in [0.15, 0.2) is 0 Å². The average Bonchev–Trinajstić information content (AvgIpc) is 2.35. The molecule has 0 radical (unpaired) electrons. The molecule has 0 saturated carbocycles. The van der Waals surface area contributed by atoms with E-state index < -0.39 is 0 Å². The SMILES string of the molecule is CCc1cnccc1-c1nc(C)c(I)c(=O)[nH]1. The van der Waals surface area contributed by atoms with Crippen molar-refractivity contribution in [1.82, 2.24) is 15.0 Å². The van der Waals surface area contributed by atoms with Crippen molar-refractivity contribution in [3.63, 3.8) is 0 Å². The van der Waals surface area contributed by atoms with Gasteiger partial charge in [-0.1, -0.05) is 6.92 Å². The second-order valence-corrected chi connectivity index (χ2v) is 4.78. The van der Waals surface area contributed by atoms with Crippen molar-refractivity contribution in [2.24, 2.45) is 0 Å². The van der Waals surface area contributed by atoms with Crippen molar-refractivity contribution < 1.29 is 0 Å². The largest absolute Gasteiger partial charge is 0.306 e. The molecule has 2 rings (SSSR count). The quantitative estimate of drug-likeness (QED) is 0.853. The van der Waals surface area contributed by atoms with Crippen LogP contribution in [0.5, 0.6) is 0 Å². The molecule has 2 aromatic heterocycles. The summed E-state index contributed by atoms with van der Waals surface area (Å²) in [5, 5.41) is 0. The highest BCUT2D eigenvalue weighted by molar-refractivity contribution is 14.1. The Balaban J connectivity index is 2.65. The number of aromatic nitrogens is 3. The summed E-state index contributed by atoms with van der Waals surface area (Å²) in [6.45, 7) is 3.89. The third kappa shape index (κ3) is 2.38. The van der Waals surface area contributed by atoms with E-state index in [2.05, 4.69) is 21.9 Å². The number of aromatic amines is 1. The third-order valence-corrected chi connectivity index (χ3v) is 3.84. The fourth-order valence-electron chi connectivity index (χ4n) is 1.64. The number of hydrogen-bond donors (Lipinski definition) is 1. The smallest absolute Gasteiger partial charge is 0.264 e. The summed E-state index contributed by atoms with van der Waals surface area (Å²) >= 11 is 2.00. The van der Waals surface area contributed by atoms with Gasteiger partial charge in [-0.15, -0.1) is 0 Å². The molecule has 0 aromatic carbocycles. The van der Waals surface area contributed by atoms with Gasteiger partial charge in [-0.25, -0.2) is 4.98 Å². The molecule has 0 bridgehead atoms. The van der Waals surface area contributed by atoms with E-state index in [1.165, 1.54) is 0 Å². The average molecular weight is 341 g/mol. The van der Waals surface area contributed by atoms with Gasteiger partial charge in [-0.05, 0) is 47.6 Å². The molecular weight excluding hydrogens is 329 g/mol. The zero-order chi connectivity index (χ0) is 12.4. The van der Waals surface area contributed by atoms with Crippen LogP contribution in [0.2, 0.25) is 0 Å². The normalized spacial score (nSPS) is 10.5. The first kappa shape index (κ1) is 12.2. The topological polar surface area (TPSA) is 58.6 Å². The van der Waals surface area contributed by atoms with Crippen LogP contribution in [0.1, 0.15) is 18.2 Å². The van der Waals surface area contributed by atoms with Gasteiger partial charge in [0.25, 0.3) is 5.56 Å². The highest BCUT2D eigenvalue weighted by atomic mass is 127. The minimum atomic E-state index is -0.0908. The number of nitrogens with one attached hydrogen (secondary N) is 1. The maximum Gasteiger partial charge on any atom is 0.264 e. The van der Waals surface area contributed by atoms with Crippen LogP contribution in [0.4, 0.5) is 0 Å². The predicted molar refractivity (Wildman–Crippen MR) is 74.9 cm³/mol. The fourth-order valence-corrected chi connectivity index (χ4v) is 1.89. The number of rotatable bonds is 2. The number of aryl methyl sites for hydroxylation is 2. The molecule has 2 heterocycles. The van der Waals surface area contributed by atoms with Crippen molar-refractivity contribution in [2.45, 2.75) is 20.3 Å². The summed E-state index contributed by atoms with van der Waals surface area (Å²) < 4.78 is 0.637. The van der Waals surface area contributed by atoms with Gasteiger partial charge in [0.2, 0.25) is 0 Å². The van der Waals surface area contributed by atoms with Crippen LogP contribution >= 0.6 is 22.6 Å². The lowest BCUT2D eigenvalue weighted by Gasteiger charge is -2.07. The molecular formula is C12H12IN3O. The molecule has 0 aliphatic rings. The number of pyridine rings is 1. The number of hydrogen-bond acceptors (Lipinski definition) is 3. The van der Waals surface area contributed by atoms with E-state index in [0.29, 0.717) is 9.39 Å². The van der Waals surface area contributed by atoms with Gasteiger partial charge in [-0.2, -0.15) is 0 Å². The molecule has 0 spiro atoms. The molecule has 0 aliphatic heterocycles. The van der Waals surface area contributed by atoms with Gasteiger partial charge in [-0.3, -0.25) is 9.78 Å². The van der Waals surface area contributed by atoms with Crippen molar-refractivity contribution in [1.29, 1.82) is 0 Å². The van der Waals surface area contributed by atoms with Gasteiger partial charge in [0.1, 0.15) is 5.82 Å². The second kappa shape index (κ2) is 4.95. The van der Waals surface area contributed by atoms with E-state index in [0.717, 1.165) is 23.2 Å². The van der Waals surface area contributed by atoms with E-state index >= 15 is 0 Å². The van der Waals surface area contributed by atoms with Crippen LogP contribution in [0.3, 0.4) is 0 Å². The number of H-pyrrole nitrogens is 1. The minimum absolute atomic E-state index is 0.0908. The summed E-state index contributed by atoms with van der Waals surface area (Å²) in [6.07, 6.45) is 4.38. The van der Waals surface area contributed by atoms with Crippen LogP contribution in [0.15, 0.2) is 23.3 Å². The molecule has 0 unspecified atom stereocenters. The summed E-state index contributed by atoms with van der Waals surface area (Å²) in [6, 6.07) is 1.88. The Labute approximate surface area is 113 Å². The molecule has 17 heavy (non-hydrogen) atoms. The third-order valence-electron chi connectivity index (χ3n) is 2.57. The van der Waals surface area contributed by atoms with Gasteiger partial charge >= 0.3 is 0 Å². The molecule has 88 valence electrons. The Hall–Kier alpha value is -1.24. The molecule has 5 heteroatoms. The molecule has 4 nitrogen and oxygen atoms in total. The van der Waals surface area contributed by atoms with Crippen LogP contribution in [-0.2, 0) is 6.42 Å². The lowest BCUT2D eigenvalue weighted by molar-refractivity contribution is 1.03. The Morgan fingerprint density at radius 1 is 1.47 bits per heavy atom. The first-order chi connectivity index (χ1) is 8.13. The maximum absolute atomic E-state index is 11.7. The maximum atomic E-state index is 11.7. The monoisotopic (exact) mass is 341 g/mol. The molecule has 0 fully saturated rings. The van der Waals surface area contributed by atoms with E-state index in [4.69, 9.17) is 0 Å². The Bertz CT molecular complexity index is 607. The summed E-state index contributed by atoms with van der Waals surface area (Å²) in [7, 11) is 0. The van der Waals surface area contributed by atoms with E-state index in [-0.39, 0.29) is 5.56 Å². The second-order valence-electron chi connectivity index (χ2n) is 3.70. The van der Waals surface area contributed by atoms with Gasteiger partial charge < -0.3 is 4.98 Å². The van der Waals surface area contributed by atoms with E-state index in [9.17, 15) is 4.79 Å². The molecule has 0 aliphatic carbocycles. The van der Waals surface area contributed by atoms with Crippen LogP contribution in [0.25, 0.3) is 11.4 Å². The first-order valence-corrected chi connectivity index (χ1v) is 6.41. The number of nitrogens with zero attached hydrogens (tertiary/aromatic N) is 2. The molecule has 2 aromatic rings. The van der Waals surface area contributed by atoms with Crippen molar-refractivity contribution in [3.8, 4) is 11.4 Å². The highest BCUT2D eigenvalue weighted by Crippen LogP contribution is 2.19. The Morgan fingerprint density at radius 2 is 2.24 bits per heavy atom. The minimum Gasteiger partial charge on any atom is -0.306 e. The summed E-state index contributed by atoms with van der Waals surface area (Å²) in [5.41, 5.74) is 2.69. The summed E-state index contributed by atoms with van der Waals surface area (Å²) in [4.78, 5) is 23.0. The molecule has 0 atom stereocenters.